The van der Waals surface area contributed by atoms with Gasteiger partial charge in [-0.1, -0.05) is 6.07 Å². The molecule has 0 aliphatic rings. The topological polar surface area (TPSA) is 54.3 Å². The molecule has 3 rings (SSSR count). The first-order valence-corrected chi connectivity index (χ1v) is 8.53. The van der Waals surface area contributed by atoms with Crippen LogP contribution in [-0.4, -0.2) is 22.1 Å². The summed E-state index contributed by atoms with van der Waals surface area (Å²) < 4.78 is 28.3. The molecule has 0 fully saturated rings. The minimum atomic E-state index is -1.13. The molecule has 1 aromatic heterocycles. The minimum absolute atomic E-state index is 0.110. The number of nitrogens with zero attached hydrogens (tertiary/aromatic N) is 1. The molecule has 27 heavy (non-hydrogen) atoms. The van der Waals surface area contributed by atoms with Gasteiger partial charge in [-0.05, 0) is 67.9 Å². The maximum absolute atomic E-state index is 13.2. The van der Waals surface area contributed by atoms with Gasteiger partial charge in [0, 0.05) is 29.2 Å². The summed E-state index contributed by atoms with van der Waals surface area (Å²) in [6.07, 6.45) is -1.13. The third-order valence-electron chi connectivity index (χ3n) is 4.44. The maximum atomic E-state index is 13.2. The molecule has 0 unspecified atom stereocenters. The molecule has 140 valence electrons. The number of aryl methyl sites for hydroxylation is 2. The van der Waals surface area contributed by atoms with Crippen LogP contribution in [0.3, 0.4) is 0 Å². The molecule has 4 nitrogen and oxygen atoms in total. The molecule has 0 radical (unpaired) electrons. The van der Waals surface area contributed by atoms with Gasteiger partial charge < -0.3 is 15.0 Å². The molecule has 1 atom stereocenters. The third-order valence-corrected chi connectivity index (χ3v) is 4.44. The molecule has 0 aliphatic heterocycles. The second-order valence-corrected chi connectivity index (χ2v) is 6.40. The number of halogens is 2. The van der Waals surface area contributed by atoms with E-state index in [0.29, 0.717) is 5.56 Å². The highest BCUT2D eigenvalue weighted by Crippen LogP contribution is 2.18. The molecule has 6 heteroatoms. The van der Waals surface area contributed by atoms with Gasteiger partial charge in [0.05, 0.1) is 6.10 Å². The van der Waals surface area contributed by atoms with Gasteiger partial charge in [0.15, 0.2) is 11.6 Å². The molecule has 1 amide bonds. The average molecular weight is 370 g/mol. The average Bonchev–Trinajstić information content (AvgIpc) is 3.00. The van der Waals surface area contributed by atoms with E-state index >= 15 is 0 Å². The summed E-state index contributed by atoms with van der Waals surface area (Å²) in [5.41, 5.74) is 3.79. The highest BCUT2D eigenvalue weighted by Gasteiger charge is 2.13. The number of aromatic nitrogens is 1. The number of hydrogen-bond donors (Lipinski definition) is 2. The molecule has 0 bridgehead atoms. The van der Waals surface area contributed by atoms with Gasteiger partial charge in [-0.25, -0.2) is 8.78 Å². The number of hydrogen-bond acceptors (Lipinski definition) is 2. The minimum Gasteiger partial charge on any atom is -0.387 e. The van der Waals surface area contributed by atoms with Crippen LogP contribution in [0.2, 0.25) is 0 Å². The Labute approximate surface area is 156 Å². The predicted octanol–water partition coefficient (Wildman–Crippen LogP) is 3.84. The Morgan fingerprint density at radius 3 is 2.22 bits per heavy atom. The van der Waals surface area contributed by atoms with Crippen molar-refractivity contribution < 1.29 is 18.7 Å². The lowest BCUT2D eigenvalue weighted by atomic mass is 10.1. The standard InChI is InChI=1S/C21H20F2N2O2/c1-13-3-4-14(2)25(13)17-8-5-15(6-9-17)21(27)24-12-20(26)16-7-10-18(22)19(23)11-16/h3-11,20,26H,12H2,1-2H3,(H,24,27)/t20-/m1/s1. The van der Waals surface area contributed by atoms with Gasteiger partial charge in [0.1, 0.15) is 0 Å². The van der Waals surface area contributed by atoms with Crippen LogP contribution in [0.1, 0.15) is 33.4 Å². The fourth-order valence-corrected chi connectivity index (χ4v) is 2.97. The number of rotatable bonds is 5. The van der Waals surface area contributed by atoms with Crippen molar-refractivity contribution in [3.05, 3.63) is 88.7 Å². The fraction of sp³-hybridized carbons (Fsp3) is 0.190. The fourth-order valence-electron chi connectivity index (χ4n) is 2.97. The van der Waals surface area contributed by atoms with Crippen LogP contribution in [0.25, 0.3) is 5.69 Å². The largest absolute Gasteiger partial charge is 0.387 e. The van der Waals surface area contributed by atoms with E-state index in [1.165, 1.54) is 6.07 Å². The number of aliphatic hydroxyl groups excluding tert-OH is 1. The van der Waals surface area contributed by atoms with Crippen molar-refractivity contribution in [2.75, 3.05) is 6.54 Å². The molecule has 1 heterocycles. The highest BCUT2D eigenvalue weighted by molar-refractivity contribution is 5.94. The van der Waals surface area contributed by atoms with Crippen LogP contribution < -0.4 is 5.32 Å². The van der Waals surface area contributed by atoms with Crippen molar-refractivity contribution in [2.45, 2.75) is 20.0 Å². The monoisotopic (exact) mass is 370 g/mol. The van der Waals surface area contributed by atoms with Gasteiger partial charge >= 0.3 is 0 Å². The van der Waals surface area contributed by atoms with Gasteiger partial charge in [-0.3, -0.25) is 4.79 Å². The predicted molar refractivity (Wildman–Crippen MR) is 98.9 cm³/mol. The number of benzene rings is 2. The lowest BCUT2D eigenvalue weighted by Gasteiger charge is -2.13. The van der Waals surface area contributed by atoms with Crippen LogP contribution in [0.5, 0.6) is 0 Å². The van der Waals surface area contributed by atoms with Crippen LogP contribution >= 0.6 is 0 Å². The summed E-state index contributed by atoms with van der Waals surface area (Å²) in [5.74, 6) is -2.38. The molecule has 2 aromatic carbocycles. The second kappa shape index (κ2) is 7.72. The molecule has 2 N–H and O–H groups in total. The quantitative estimate of drug-likeness (QED) is 0.717. The zero-order valence-electron chi connectivity index (χ0n) is 15.0. The molecule has 0 saturated heterocycles. The zero-order chi connectivity index (χ0) is 19.6. The lowest BCUT2D eigenvalue weighted by molar-refractivity contribution is 0.0916. The van der Waals surface area contributed by atoms with E-state index in [9.17, 15) is 18.7 Å². The van der Waals surface area contributed by atoms with E-state index in [-0.39, 0.29) is 18.0 Å². The Bertz CT molecular complexity index is 945. The molecule has 0 spiro atoms. The van der Waals surface area contributed by atoms with Crippen molar-refractivity contribution in [2.24, 2.45) is 0 Å². The Hall–Kier alpha value is -2.99. The molecule has 3 aromatic rings. The first kappa shape index (κ1) is 18.8. The van der Waals surface area contributed by atoms with Gasteiger partial charge in [0.2, 0.25) is 0 Å². The Kier molecular flexibility index (Phi) is 5.37. The second-order valence-electron chi connectivity index (χ2n) is 6.40. The zero-order valence-corrected chi connectivity index (χ0v) is 15.0. The molecular weight excluding hydrogens is 350 g/mol. The number of amides is 1. The Balaban J connectivity index is 1.65. The number of aliphatic hydroxyl groups is 1. The van der Waals surface area contributed by atoms with Crippen molar-refractivity contribution in [1.82, 2.24) is 9.88 Å². The first-order valence-electron chi connectivity index (χ1n) is 8.53. The highest BCUT2D eigenvalue weighted by atomic mass is 19.2. The number of carbonyl (C=O) groups is 1. The molecular formula is C21H20F2N2O2. The smallest absolute Gasteiger partial charge is 0.251 e. The van der Waals surface area contributed by atoms with Crippen LogP contribution in [0.15, 0.2) is 54.6 Å². The van der Waals surface area contributed by atoms with Gasteiger partial charge in [-0.15, -0.1) is 0 Å². The van der Waals surface area contributed by atoms with E-state index in [1.54, 1.807) is 12.1 Å². The SMILES string of the molecule is Cc1ccc(C)n1-c1ccc(C(=O)NC[C@@H](O)c2ccc(F)c(F)c2)cc1. The van der Waals surface area contributed by atoms with Crippen molar-refractivity contribution in [1.29, 1.82) is 0 Å². The van der Waals surface area contributed by atoms with Gasteiger partial charge in [-0.2, -0.15) is 0 Å². The van der Waals surface area contributed by atoms with E-state index < -0.39 is 17.7 Å². The lowest BCUT2D eigenvalue weighted by Crippen LogP contribution is -2.28. The third kappa shape index (κ3) is 4.06. The normalized spacial score (nSPS) is 12.0. The summed E-state index contributed by atoms with van der Waals surface area (Å²) in [7, 11) is 0. The van der Waals surface area contributed by atoms with E-state index in [4.69, 9.17) is 0 Å². The van der Waals surface area contributed by atoms with Crippen LogP contribution in [0, 0.1) is 25.5 Å². The number of nitrogens with one attached hydrogen (secondary N) is 1. The number of carbonyl (C=O) groups excluding carboxylic acids is 1. The maximum Gasteiger partial charge on any atom is 0.251 e. The van der Waals surface area contributed by atoms with E-state index in [0.717, 1.165) is 29.2 Å². The van der Waals surface area contributed by atoms with Crippen molar-refractivity contribution >= 4 is 5.91 Å². The van der Waals surface area contributed by atoms with Gasteiger partial charge in [0.25, 0.3) is 5.91 Å². The Morgan fingerprint density at radius 2 is 1.63 bits per heavy atom. The molecule has 0 aliphatic carbocycles. The van der Waals surface area contributed by atoms with E-state index in [2.05, 4.69) is 9.88 Å². The summed E-state index contributed by atoms with van der Waals surface area (Å²) in [5, 5.41) is 12.7. The summed E-state index contributed by atoms with van der Waals surface area (Å²) in [4.78, 5) is 12.3. The summed E-state index contributed by atoms with van der Waals surface area (Å²) in [6, 6.07) is 14.3. The molecule has 0 saturated carbocycles. The van der Waals surface area contributed by atoms with E-state index in [1.807, 2.05) is 38.1 Å². The first-order chi connectivity index (χ1) is 12.9. The van der Waals surface area contributed by atoms with Crippen LogP contribution in [0.4, 0.5) is 8.78 Å². The van der Waals surface area contributed by atoms with Crippen LogP contribution in [-0.2, 0) is 0 Å². The summed E-state index contributed by atoms with van der Waals surface area (Å²) >= 11 is 0. The van der Waals surface area contributed by atoms with Crippen molar-refractivity contribution in [3.8, 4) is 5.69 Å². The Morgan fingerprint density at radius 1 is 1.00 bits per heavy atom. The van der Waals surface area contributed by atoms with Crippen molar-refractivity contribution in [3.63, 3.8) is 0 Å². The summed E-state index contributed by atoms with van der Waals surface area (Å²) in [6.45, 7) is 3.90.